The van der Waals surface area contributed by atoms with Gasteiger partial charge < -0.3 is 4.74 Å². The topological polar surface area (TPSA) is 71.5 Å². The molecule has 2 aromatic rings. The Bertz CT molecular complexity index is 806. The number of alkyl halides is 6. The Morgan fingerprint density at radius 2 is 1.63 bits per heavy atom. The lowest BCUT2D eigenvalue weighted by Crippen LogP contribution is -2.34. The number of hydroxylamine groups is 1. The maximum atomic E-state index is 13.8. The van der Waals surface area contributed by atoms with Crippen molar-refractivity contribution >= 4 is 5.91 Å². The van der Waals surface area contributed by atoms with E-state index in [9.17, 15) is 35.5 Å². The molecule has 0 unspecified atom stereocenters. The summed E-state index contributed by atoms with van der Waals surface area (Å²) in [4.78, 5) is 14.6. The summed E-state index contributed by atoms with van der Waals surface area (Å²) in [5.41, 5.74) is -0.167. The molecule has 1 aromatic carbocycles. The molecule has 0 aliphatic rings. The highest BCUT2D eigenvalue weighted by Gasteiger charge is 2.57. The van der Waals surface area contributed by atoms with Gasteiger partial charge in [0.2, 0.25) is 0 Å². The number of benzene rings is 1. The van der Waals surface area contributed by atoms with Gasteiger partial charge in [-0.25, -0.2) is 14.9 Å². The van der Waals surface area contributed by atoms with Crippen LogP contribution in [-0.2, 0) is 0 Å². The number of rotatable bonds is 4. The van der Waals surface area contributed by atoms with E-state index < -0.39 is 41.4 Å². The van der Waals surface area contributed by atoms with Crippen molar-refractivity contribution in [1.29, 1.82) is 0 Å². The van der Waals surface area contributed by atoms with E-state index in [4.69, 9.17) is 9.94 Å². The molecule has 0 fully saturated rings. The van der Waals surface area contributed by atoms with Crippen molar-refractivity contribution in [2.75, 3.05) is 0 Å². The summed E-state index contributed by atoms with van der Waals surface area (Å²) in [6.45, 7) is 0. The molecule has 0 radical (unpaired) electrons. The fraction of sp³-hybridized carbons (Fsp3) is 0.200. The molecule has 0 saturated heterocycles. The van der Waals surface area contributed by atoms with E-state index in [1.165, 1.54) is 5.48 Å². The third-order valence-electron chi connectivity index (χ3n) is 3.25. The fourth-order valence-electron chi connectivity index (χ4n) is 2.09. The highest BCUT2D eigenvalue weighted by Crippen LogP contribution is 2.46. The number of hydrogen-bond acceptors (Lipinski definition) is 4. The van der Waals surface area contributed by atoms with E-state index in [2.05, 4.69) is 4.98 Å². The second-order valence-electron chi connectivity index (χ2n) is 5.14. The lowest BCUT2D eigenvalue weighted by Gasteiger charge is -2.23. The maximum Gasteiger partial charge on any atom is 0.404 e. The van der Waals surface area contributed by atoms with Gasteiger partial charge in [0.25, 0.3) is 11.8 Å². The third kappa shape index (κ3) is 4.84. The lowest BCUT2D eigenvalue weighted by molar-refractivity contribution is -0.253. The molecular weight excluding hydrogens is 389 g/mol. The van der Waals surface area contributed by atoms with Gasteiger partial charge in [0.05, 0.1) is 5.56 Å². The van der Waals surface area contributed by atoms with Crippen molar-refractivity contribution in [2.45, 2.75) is 18.3 Å². The van der Waals surface area contributed by atoms with Gasteiger partial charge in [0, 0.05) is 6.20 Å². The number of carbonyl (C=O) groups is 1. The van der Waals surface area contributed by atoms with E-state index in [1.54, 1.807) is 0 Å². The molecule has 1 aromatic heterocycles. The molecule has 1 heterocycles. The molecule has 2 rings (SSSR count). The predicted octanol–water partition coefficient (Wildman–Crippen LogP) is 4.34. The molecule has 12 heteroatoms. The van der Waals surface area contributed by atoms with Crippen LogP contribution in [0, 0.1) is 5.82 Å². The number of halogens is 7. The lowest BCUT2D eigenvalue weighted by atomic mass is 9.98. The van der Waals surface area contributed by atoms with Crippen LogP contribution in [-0.4, -0.2) is 28.5 Å². The SMILES string of the molecule is O=C(NO)c1cnc(Oc2ccc(C(C(F)(F)F)C(F)(F)F)cc2)c(F)c1. The Hall–Kier alpha value is -2.89. The van der Waals surface area contributed by atoms with Crippen LogP contribution in [0.1, 0.15) is 21.8 Å². The quantitative estimate of drug-likeness (QED) is 0.457. The number of pyridine rings is 1. The second kappa shape index (κ2) is 7.39. The monoisotopic (exact) mass is 398 g/mol. The van der Waals surface area contributed by atoms with E-state index in [-0.39, 0.29) is 11.3 Å². The minimum absolute atomic E-state index is 0.285. The zero-order valence-corrected chi connectivity index (χ0v) is 12.9. The van der Waals surface area contributed by atoms with Crippen LogP contribution in [0.5, 0.6) is 11.6 Å². The first kappa shape index (κ1) is 20.4. The molecule has 0 spiro atoms. The molecule has 1 amide bonds. The van der Waals surface area contributed by atoms with Gasteiger partial charge in [0.1, 0.15) is 5.75 Å². The Labute approximate surface area is 146 Å². The van der Waals surface area contributed by atoms with Gasteiger partial charge >= 0.3 is 12.4 Å². The summed E-state index contributed by atoms with van der Waals surface area (Å²) < 4.78 is 94.8. The van der Waals surface area contributed by atoms with Gasteiger partial charge in [-0.3, -0.25) is 10.0 Å². The van der Waals surface area contributed by atoms with Gasteiger partial charge in [-0.2, -0.15) is 26.3 Å². The summed E-state index contributed by atoms with van der Waals surface area (Å²) in [6.07, 6.45) is -10.3. The minimum Gasteiger partial charge on any atom is -0.436 e. The molecule has 27 heavy (non-hydrogen) atoms. The van der Waals surface area contributed by atoms with Crippen molar-refractivity contribution in [3.05, 3.63) is 53.5 Å². The summed E-state index contributed by atoms with van der Waals surface area (Å²) in [5.74, 6) is -6.84. The molecule has 0 aliphatic heterocycles. The Morgan fingerprint density at radius 1 is 1.07 bits per heavy atom. The fourth-order valence-corrected chi connectivity index (χ4v) is 2.09. The van der Waals surface area contributed by atoms with E-state index in [1.807, 2.05) is 0 Å². The second-order valence-corrected chi connectivity index (χ2v) is 5.14. The zero-order valence-electron chi connectivity index (χ0n) is 12.9. The summed E-state index contributed by atoms with van der Waals surface area (Å²) in [7, 11) is 0. The van der Waals surface area contributed by atoms with Crippen LogP contribution in [0.25, 0.3) is 0 Å². The number of aromatic nitrogens is 1. The largest absolute Gasteiger partial charge is 0.436 e. The van der Waals surface area contributed by atoms with Crippen LogP contribution < -0.4 is 10.2 Å². The van der Waals surface area contributed by atoms with E-state index in [0.717, 1.165) is 18.3 Å². The molecule has 146 valence electrons. The predicted molar refractivity (Wildman–Crippen MR) is 74.8 cm³/mol. The number of ether oxygens (including phenoxy) is 1. The number of carbonyl (C=O) groups excluding carboxylic acids is 1. The Morgan fingerprint density at radius 3 is 2.07 bits per heavy atom. The molecule has 5 nitrogen and oxygen atoms in total. The third-order valence-corrected chi connectivity index (χ3v) is 3.25. The first-order valence-electron chi connectivity index (χ1n) is 6.94. The van der Waals surface area contributed by atoms with Crippen molar-refractivity contribution < 1.29 is 45.5 Å². The number of nitrogens with zero attached hydrogens (tertiary/aromatic N) is 1. The summed E-state index contributed by atoms with van der Waals surface area (Å²) in [5, 5.41) is 8.43. The van der Waals surface area contributed by atoms with E-state index in [0.29, 0.717) is 18.2 Å². The number of nitrogens with one attached hydrogen (secondary N) is 1. The average molecular weight is 398 g/mol. The maximum absolute atomic E-state index is 13.8. The molecule has 2 N–H and O–H groups in total. The van der Waals surface area contributed by atoms with Crippen LogP contribution >= 0.6 is 0 Å². The molecular formula is C15H9F7N2O3. The first-order valence-corrected chi connectivity index (χ1v) is 6.94. The Balaban J connectivity index is 2.24. The smallest absolute Gasteiger partial charge is 0.404 e. The van der Waals surface area contributed by atoms with Gasteiger partial charge in [0.15, 0.2) is 11.7 Å². The highest BCUT2D eigenvalue weighted by atomic mass is 19.4. The van der Waals surface area contributed by atoms with Crippen molar-refractivity contribution in [2.24, 2.45) is 0 Å². The number of hydrogen-bond donors (Lipinski definition) is 2. The normalized spacial score (nSPS) is 12.2. The zero-order chi connectivity index (χ0) is 20.4. The van der Waals surface area contributed by atoms with Crippen LogP contribution in [0.15, 0.2) is 36.5 Å². The average Bonchev–Trinajstić information content (AvgIpc) is 2.55. The molecule has 0 aliphatic carbocycles. The molecule has 0 saturated carbocycles. The van der Waals surface area contributed by atoms with Crippen LogP contribution in [0.3, 0.4) is 0 Å². The van der Waals surface area contributed by atoms with Crippen molar-refractivity contribution in [3.8, 4) is 11.6 Å². The summed E-state index contributed by atoms with van der Waals surface area (Å²) >= 11 is 0. The van der Waals surface area contributed by atoms with Crippen molar-refractivity contribution in [3.63, 3.8) is 0 Å². The first-order chi connectivity index (χ1) is 12.4. The minimum atomic E-state index is -5.54. The van der Waals surface area contributed by atoms with Crippen molar-refractivity contribution in [1.82, 2.24) is 10.5 Å². The van der Waals surface area contributed by atoms with Gasteiger partial charge in [-0.1, -0.05) is 12.1 Å². The number of amides is 1. The molecule has 0 atom stereocenters. The molecule has 0 bridgehead atoms. The highest BCUT2D eigenvalue weighted by molar-refractivity contribution is 5.93. The van der Waals surface area contributed by atoms with Gasteiger partial charge in [-0.15, -0.1) is 0 Å². The Kier molecular flexibility index (Phi) is 5.59. The van der Waals surface area contributed by atoms with Crippen LogP contribution in [0.2, 0.25) is 0 Å². The van der Waals surface area contributed by atoms with Gasteiger partial charge in [-0.05, 0) is 23.8 Å². The van der Waals surface area contributed by atoms with E-state index >= 15 is 0 Å². The summed E-state index contributed by atoms with van der Waals surface area (Å²) in [6, 6.07) is 3.33. The van der Waals surface area contributed by atoms with Crippen LogP contribution in [0.4, 0.5) is 30.7 Å². The standard InChI is InChI=1S/C15H9F7N2O3/c16-10-5-8(12(25)24-26)6-23-13(10)27-9-3-1-7(2-4-9)11(14(17,18)19)15(20,21)22/h1-6,11,26H,(H,24,25).